The lowest BCUT2D eigenvalue weighted by atomic mass is 10.1. The second-order valence-corrected chi connectivity index (χ2v) is 15.1. The Morgan fingerprint density at radius 2 is 1.94 bits per heavy atom. The number of nitrogens with one attached hydrogen (secondary N) is 2. The van der Waals surface area contributed by atoms with E-state index in [1.807, 2.05) is 53.2 Å². The van der Waals surface area contributed by atoms with E-state index in [-0.39, 0.29) is 6.61 Å². The summed E-state index contributed by atoms with van der Waals surface area (Å²) < 4.78 is 13.0. The molecule has 186 valence electrons. The first kappa shape index (κ1) is 25.2. The van der Waals surface area contributed by atoms with Crippen molar-refractivity contribution in [2.45, 2.75) is 39.3 Å². The highest BCUT2D eigenvalue weighted by Crippen LogP contribution is 2.30. The Hall–Kier alpha value is -3.87. The molecule has 0 radical (unpaired) electrons. The molecule has 9 heteroatoms. The van der Waals surface area contributed by atoms with E-state index < -0.39 is 14.2 Å². The first-order chi connectivity index (χ1) is 17.3. The molecule has 0 aliphatic heterocycles. The number of pyridine rings is 1. The standard InChI is InChI=1S/C27H31N5O3Si/c1-5-35-27(33)31-26-29-22-13-15-28-24(23(22)30-26)25-21(12-11-20-9-7-6-8-10-20)14-16-32(25)19-34-17-18-36(2,3)4/h6-10,13-16H,5,17-19H2,1-4H3,(H2,29,30,31,33). The zero-order chi connectivity index (χ0) is 25.5. The molecular formula is C27H31N5O3Si. The van der Waals surface area contributed by atoms with Crippen LogP contribution < -0.4 is 5.32 Å². The van der Waals surface area contributed by atoms with Gasteiger partial charge < -0.3 is 19.0 Å². The fourth-order valence-corrected chi connectivity index (χ4v) is 4.34. The Morgan fingerprint density at radius 3 is 2.69 bits per heavy atom. The van der Waals surface area contributed by atoms with Crippen molar-refractivity contribution in [2.75, 3.05) is 18.5 Å². The quantitative estimate of drug-likeness (QED) is 0.183. The molecule has 0 fully saturated rings. The molecule has 4 rings (SSSR count). The number of aromatic nitrogens is 4. The van der Waals surface area contributed by atoms with Crippen molar-refractivity contribution in [1.82, 2.24) is 19.5 Å². The fraction of sp³-hybridized carbons (Fsp3) is 0.296. The molecule has 1 aromatic carbocycles. The summed E-state index contributed by atoms with van der Waals surface area (Å²) in [6.45, 7) is 10.1. The van der Waals surface area contributed by atoms with Crippen molar-refractivity contribution < 1.29 is 14.3 Å². The first-order valence-electron chi connectivity index (χ1n) is 12.0. The van der Waals surface area contributed by atoms with Crippen LogP contribution in [0.25, 0.3) is 22.4 Å². The molecule has 8 nitrogen and oxygen atoms in total. The summed E-state index contributed by atoms with van der Waals surface area (Å²) in [4.78, 5) is 24.3. The van der Waals surface area contributed by atoms with Crippen LogP contribution >= 0.6 is 0 Å². The number of anilines is 1. The molecular weight excluding hydrogens is 470 g/mol. The summed E-state index contributed by atoms with van der Waals surface area (Å²) in [5, 5.41) is 2.63. The molecule has 2 N–H and O–H groups in total. The Bertz CT molecular complexity index is 1390. The van der Waals surface area contributed by atoms with Crippen LogP contribution in [0.2, 0.25) is 25.7 Å². The number of carbonyl (C=O) groups excluding carboxylic acids is 1. The summed E-state index contributed by atoms with van der Waals surface area (Å²) in [6.07, 6.45) is 3.10. The first-order valence-corrected chi connectivity index (χ1v) is 15.7. The van der Waals surface area contributed by atoms with Crippen LogP contribution in [0.1, 0.15) is 18.1 Å². The monoisotopic (exact) mass is 501 g/mol. The zero-order valence-corrected chi connectivity index (χ0v) is 22.1. The van der Waals surface area contributed by atoms with Crippen molar-refractivity contribution in [2.24, 2.45) is 0 Å². The minimum absolute atomic E-state index is 0.271. The lowest BCUT2D eigenvalue weighted by Crippen LogP contribution is -2.22. The van der Waals surface area contributed by atoms with E-state index in [1.54, 1.807) is 13.1 Å². The van der Waals surface area contributed by atoms with Gasteiger partial charge >= 0.3 is 6.09 Å². The average molecular weight is 502 g/mol. The number of hydrogen-bond donors (Lipinski definition) is 2. The second-order valence-electron chi connectivity index (χ2n) is 9.50. The lowest BCUT2D eigenvalue weighted by molar-refractivity contribution is 0.0885. The number of ether oxygens (including phenoxy) is 2. The summed E-state index contributed by atoms with van der Waals surface area (Å²) >= 11 is 0. The Labute approximate surface area is 212 Å². The number of rotatable bonds is 8. The van der Waals surface area contributed by atoms with Crippen molar-refractivity contribution in [3.05, 3.63) is 66.0 Å². The van der Waals surface area contributed by atoms with E-state index in [0.29, 0.717) is 30.5 Å². The number of H-pyrrole nitrogens is 1. The number of imidazole rings is 1. The molecule has 3 aromatic heterocycles. The summed E-state index contributed by atoms with van der Waals surface area (Å²) in [7, 11) is -1.20. The third kappa shape index (κ3) is 6.41. The van der Waals surface area contributed by atoms with Gasteiger partial charge in [-0.1, -0.05) is 49.7 Å². The molecule has 0 aliphatic rings. The smallest absolute Gasteiger partial charge is 0.413 e. The number of benzene rings is 1. The molecule has 0 aliphatic carbocycles. The van der Waals surface area contributed by atoms with Gasteiger partial charge in [0.05, 0.1) is 23.4 Å². The predicted molar refractivity (Wildman–Crippen MR) is 144 cm³/mol. The van der Waals surface area contributed by atoms with Crippen LogP contribution in [-0.4, -0.2) is 46.9 Å². The van der Waals surface area contributed by atoms with E-state index in [9.17, 15) is 4.79 Å². The van der Waals surface area contributed by atoms with Crippen molar-refractivity contribution in [1.29, 1.82) is 0 Å². The van der Waals surface area contributed by atoms with E-state index in [2.05, 4.69) is 51.8 Å². The van der Waals surface area contributed by atoms with E-state index in [0.717, 1.165) is 28.4 Å². The number of nitrogens with zero attached hydrogens (tertiary/aromatic N) is 3. The van der Waals surface area contributed by atoms with Crippen LogP contribution in [0.15, 0.2) is 54.9 Å². The van der Waals surface area contributed by atoms with Gasteiger partial charge in [-0.15, -0.1) is 0 Å². The largest absolute Gasteiger partial charge is 0.450 e. The molecule has 4 aromatic rings. The molecule has 0 unspecified atom stereocenters. The van der Waals surface area contributed by atoms with Gasteiger partial charge in [-0.2, -0.15) is 0 Å². The second kappa shape index (κ2) is 11.2. The molecule has 36 heavy (non-hydrogen) atoms. The van der Waals surface area contributed by atoms with Gasteiger partial charge in [0, 0.05) is 32.6 Å². The van der Waals surface area contributed by atoms with Crippen LogP contribution in [0, 0.1) is 11.8 Å². The van der Waals surface area contributed by atoms with Gasteiger partial charge in [0.2, 0.25) is 5.95 Å². The normalized spacial score (nSPS) is 11.2. The van der Waals surface area contributed by atoms with E-state index in [4.69, 9.17) is 9.47 Å². The highest BCUT2D eigenvalue weighted by Gasteiger charge is 2.19. The predicted octanol–water partition coefficient (Wildman–Crippen LogP) is 5.71. The minimum atomic E-state index is -1.20. The Kier molecular flexibility index (Phi) is 7.88. The van der Waals surface area contributed by atoms with Crippen molar-refractivity contribution in [3.63, 3.8) is 0 Å². The van der Waals surface area contributed by atoms with Crippen LogP contribution in [0.4, 0.5) is 10.7 Å². The third-order valence-corrected chi connectivity index (χ3v) is 7.13. The number of hydrogen-bond acceptors (Lipinski definition) is 5. The van der Waals surface area contributed by atoms with E-state index in [1.165, 1.54) is 0 Å². The van der Waals surface area contributed by atoms with Crippen molar-refractivity contribution in [3.8, 4) is 23.2 Å². The Balaban J connectivity index is 1.72. The molecule has 1 amide bonds. The number of aromatic amines is 1. The molecule has 0 saturated heterocycles. The molecule has 0 atom stereocenters. The average Bonchev–Trinajstić information content (AvgIpc) is 3.44. The summed E-state index contributed by atoms with van der Waals surface area (Å²) in [5.41, 5.74) is 4.56. The topological polar surface area (TPSA) is 94.1 Å². The zero-order valence-electron chi connectivity index (χ0n) is 21.1. The SMILES string of the molecule is CCOC(=O)Nc1nc2c(-c3c(C#Cc4ccccc4)ccn3COCC[Si](C)(C)C)nccc2[nH]1. The highest BCUT2D eigenvalue weighted by atomic mass is 28.3. The molecule has 3 heterocycles. The van der Waals surface area contributed by atoms with Crippen LogP contribution in [0.3, 0.4) is 0 Å². The maximum absolute atomic E-state index is 11.9. The summed E-state index contributed by atoms with van der Waals surface area (Å²) in [5.74, 6) is 6.82. The summed E-state index contributed by atoms with van der Waals surface area (Å²) in [6, 6.07) is 14.7. The minimum Gasteiger partial charge on any atom is -0.450 e. The van der Waals surface area contributed by atoms with Gasteiger partial charge in [-0.05, 0) is 37.2 Å². The third-order valence-electron chi connectivity index (χ3n) is 5.43. The Morgan fingerprint density at radius 1 is 1.14 bits per heavy atom. The number of amides is 1. The van der Waals surface area contributed by atoms with Gasteiger partial charge in [0.1, 0.15) is 17.9 Å². The van der Waals surface area contributed by atoms with Gasteiger partial charge in [-0.3, -0.25) is 10.3 Å². The number of carbonyl (C=O) groups is 1. The molecule has 0 bridgehead atoms. The van der Waals surface area contributed by atoms with Crippen LogP contribution in [0.5, 0.6) is 0 Å². The van der Waals surface area contributed by atoms with E-state index >= 15 is 0 Å². The molecule has 0 spiro atoms. The molecule has 0 saturated carbocycles. The maximum atomic E-state index is 11.9. The maximum Gasteiger partial charge on any atom is 0.413 e. The van der Waals surface area contributed by atoms with Gasteiger partial charge in [0.25, 0.3) is 0 Å². The lowest BCUT2D eigenvalue weighted by Gasteiger charge is -2.16. The highest BCUT2D eigenvalue weighted by molar-refractivity contribution is 6.76. The van der Waals surface area contributed by atoms with Gasteiger partial charge in [0.15, 0.2) is 0 Å². The van der Waals surface area contributed by atoms with Crippen molar-refractivity contribution >= 4 is 31.1 Å². The van der Waals surface area contributed by atoms with Gasteiger partial charge in [-0.25, -0.2) is 9.78 Å². The fourth-order valence-electron chi connectivity index (χ4n) is 3.58. The number of fused-ring (bicyclic) bond motifs is 1. The van der Waals surface area contributed by atoms with Crippen LogP contribution in [-0.2, 0) is 16.2 Å².